The summed E-state index contributed by atoms with van der Waals surface area (Å²) in [5, 5.41) is 4.53. The SMILES string of the molecule is c1ccc(-c2nc(-c3ccc(-c4ccc(-c5nc6ccccc6c6c7c(ccc56)C5(c6ccccc6Oc6ccccc65)c5ccccc5-7)cc4)cc3)c3ccccc3n2)cc1. The number of hydrogen-bond donors (Lipinski definition) is 0. The van der Waals surface area contributed by atoms with Crippen LogP contribution in [0.5, 0.6) is 11.5 Å². The molecule has 4 heteroatoms. The third kappa shape index (κ3) is 4.98. The highest BCUT2D eigenvalue weighted by atomic mass is 16.5. The standard InChI is InChI=1S/C58H35N3O/c1-2-14-40(15-3-1)57-60-50-23-11-6-18-43(50)55(61-57)38-30-26-36(27-31-38)37-28-32-39(33-29-37)56-44-34-35-48-54(53(44)42-17-5-10-22-49(42)59-56)41-16-4-7-19-45(41)58(48)46-20-8-12-24-51(46)62-52-25-13-9-21-47(52)58/h1-35H. The predicted octanol–water partition coefficient (Wildman–Crippen LogP) is 14.5. The summed E-state index contributed by atoms with van der Waals surface area (Å²) in [7, 11) is 0. The zero-order chi connectivity index (χ0) is 40.8. The second kappa shape index (κ2) is 13.4. The smallest absolute Gasteiger partial charge is 0.160 e. The molecule has 9 aromatic carbocycles. The summed E-state index contributed by atoms with van der Waals surface area (Å²) >= 11 is 0. The maximum absolute atomic E-state index is 6.62. The first kappa shape index (κ1) is 34.6. The molecule has 0 unspecified atom stereocenters. The van der Waals surface area contributed by atoms with Gasteiger partial charge in [-0.3, -0.25) is 0 Å². The van der Waals surface area contributed by atoms with Crippen molar-refractivity contribution in [3.63, 3.8) is 0 Å². The van der Waals surface area contributed by atoms with Gasteiger partial charge in [0, 0.05) is 49.4 Å². The van der Waals surface area contributed by atoms with E-state index in [9.17, 15) is 0 Å². The van der Waals surface area contributed by atoms with Crippen LogP contribution < -0.4 is 4.74 Å². The molecule has 1 aliphatic carbocycles. The quantitative estimate of drug-likeness (QED) is 0.167. The Balaban J connectivity index is 0.945. The Hall–Kier alpha value is -8.21. The molecule has 4 nitrogen and oxygen atoms in total. The van der Waals surface area contributed by atoms with E-state index in [0.29, 0.717) is 0 Å². The fraction of sp³-hybridized carbons (Fsp3) is 0.0172. The van der Waals surface area contributed by atoms with Crippen LogP contribution in [0.15, 0.2) is 212 Å². The van der Waals surface area contributed by atoms with E-state index in [1.807, 2.05) is 30.3 Å². The van der Waals surface area contributed by atoms with Gasteiger partial charge < -0.3 is 4.74 Å². The number of benzene rings is 9. The number of ether oxygens (including phenoxy) is 1. The Morgan fingerprint density at radius 2 is 0.839 bits per heavy atom. The molecule has 0 amide bonds. The van der Waals surface area contributed by atoms with Gasteiger partial charge in [0.05, 0.1) is 27.8 Å². The molecule has 0 bridgehead atoms. The highest BCUT2D eigenvalue weighted by Gasteiger charge is 2.51. The fourth-order valence-electron chi connectivity index (χ4n) is 10.3. The average Bonchev–Trinajstić information content (AvgIpc) is 3.64. The monoisotopic (exact) mass is 789 g/mol. The third-order valence-electron chi connectivity index (χ3n) is 13.0. The minimum atomic E-state index is -0.544. The van der Waals surface area contributed by atoms with Gasteiger partial charge >= 0.3 is 0 Å². The Morgan fingerprint density at radius 3 is 1.52 bits per heavy atom. The van der Waals surface area contributed by atoms with E-state index < -0.39 is 5.41 Å². The topological polar surface area (TPSA) is 47.9 Å². The lowest BCUT2D eigenvalue weighted by atomic mass is 9.66. The first-order valence-electron chi connectivity index (χ1n) is 21.1. The van der Waals surface area contributed by atoms with Crippen molar-refractivity contribution in [2.75, 3.05) is 0 Å². The predicted molar refractivity (Wildman–Crippen MR) is 251 cm³/mol. The van der Waals surface area contributed by atoms with E-state index in [4.69, 9.17) is 19.7 Å². The van der Waals surface area contributed by atoms with Crippen LogP contribution in [0.25, 0.3) is 88.7 Å². The Kier molecular flexibility index (Phi) is 7.49. The first-order chi connectivity index (χ1) is 30.7. The van der Waals surface area contributed by atoms with Gasteiger partial charge in [0.1, 0.15) is 11.5 Å². The summed E-state index contributed by atoms with van der Waals surface area (Å²) in [5.41, 5.74) is 16.0. The van der Waals surface area contributed by atoms with Crippen LogP contribution in [0.1, 0.15) is 22.3 Å². The van der Waals surface area contributed by atoms with Gasteiger partial charge in [-0.15, -0.1) is 0 Å². The average molecular weight is 790 g/mol. The molecule has 11 aromatic rings. The van der Waals surface area contributed by atoms with E-state index in [2.05, 4.69) is 182 Å². The number of pyridine rings is 1. The minimum absolute atomic E-state index is 0.544. The van der Waals surface area contributed by atoms with Crippen molar-refractivity contribution in [1.82, 2.24) is 15.0 Å². The first-order valence-corrected chi connectivity index (χ1v) is 21.1. The molecule has 0 saturated heterocycles. The van der Waals surface area contributed by atoms with Crippen molar-refractivity contribution >= 4 is 32.6 Å². The van der Waals surface area contributed by atoms with Crippen molar-refractivity contribution in [2.24, 2.45) is 0 Å². The summed E-state index contributed by atoms with van der Waals surface area (Å²) in [6.07, 6.45) is 0. The molecule has 62 heavy (non-hydrogen) atoms. The number of hydrogen-bond acceptors (Lipinski definition) is 4. The van der Waals surface area contributed by atoms with Gasteiger partial charge in [0.25, 0.3) is 0 Å². The van der Waals surface area contributed by atoms with Crippen LogP contribution in [-0.4, -0.2) is 15.0 Å². The van der Waals surface area contributed by atoms with Gasteiger partial charge in [-0.25, -0.2) is 15.0 Å². The number of fused-ring (bicyclic) bond motifs is 14. The lowest BCUT2D eigenvalue weighted by Gasteiger charge is -2.39. The number of aromatic nitrogens is 3. The normalized spacial score (nSPS) is 13.1. The molecule has 0 atom stereocenters. The fourth-order valence-corrected chi connectivity index (χ4v) is 10.3. The molecule has 0 fully saturated rings. The molecule has 13 rings (SSSR count). The van der Waals surface area contributed by atoms with Crippen molar-refractivity contribution in [2.45, 2.75) is 5.41 Å². The Morgan fingerprint density at radius 1 is 0.323 bits per heavy atom. The Labute approximate surface area is 358 Å². The molecule has 3 heterocycles. The zero-order valence-electron chi connectivity index (χ0n) is 33.5. The molecule has 0 radical (unpaired) electrons. The zero-order valence-corrected chi connectivity index (χ0v) is 33.5. The molecule has 2 aliphatic rings. The van der Waals surface area contributed by atoms with E-state index >= 15 is 0 Å². The Bertz CT molecular complexity index is 3550. The van der Waals surface area contributed by atoms with Crippen molar-refractivity contribution in [3.8, 4) is 67.7 Å². The van der Waals surface area contributed by atoms with E-state index in [-0.39, 0.29) is 0 Å². The summed E-state index contributed by atoms with van der Waals surface area (Å²) in [5.74, 6) is 2.51. The number of nitrogens with zero attached hydrogens (tertiary/aromatic N) is 3. The highest BCUT2D eigenvalue weighted by Crippen LogP contribution is 2.63. The summed E-state index contributed by atoms with van der Waals surface area (Å²) in [4.78, 5) is 15.4. The van der Waals surface area contributed by atoms with Gasteiger partial charge in [-0.1, -0.05) is 188 Å². The summed E-state index contributed by atoms with van der Waals surface area (Å²) in [6.45, 7) is 0. The molecule has 2 aromatic heterocycles. The van der Waals surface area contributed by atoms with E-state index in [0.717, 1.165) is 94.8 Å². The van der Waals surface area contributed by atoms with Crippen LogP contribution in [0.3, 0.4) is 0 Å². The third-order valence-corrected chi connectivity index (χ3v) is 13.0. The second-order valence-corrected chi connectivity index (χ2v) is 16.2. The lowest BCUT2D eigenvalue weighted by molar-refractivity contribution is 0.436. The minimum Gasteiger partial charge on any atom is -0.457 e. The largest absolute Gasteiger partial charge is 0.457 e. The van der Waals surface area contributed by atoms with Crippen LogP contribution in [-0.2, 0) is 5.41 Å². The van der Waals surface area contributed by atoms with Crippen LogP contribution >= 0.6 is 0 Å². The molecular weight excluding hydrogens is 755 g/mol. The van der Waals surface area contributed by atoms with Gasteiger partial charge in [0.2, 0.25) is 0 Å². The number of rotatable bonds is 4. The lowest BCUT2D eigenvalue weighted by Crippen LogP contribution is -2.32. The summed E-state index contributed by atoms with van der Waals surface area (Å²) < 4.78 is 6.62. The highest BCUT2D eigenvalue weighted by molar-refractivity contribution is 6.19. The van der Waals surface area contributed by atoms with Gasteiger partial charge in [-0.2, -0.15) is 0 Å². The van der Waals surface area contributed by atoms with Crippen LogP contribution in [0, 0.1) is 0 Å². The van der Waals surface area contributed by atoms with Crippen molar-refractivity contribution in [1.29, 1.82) is 0 Å². The maximum atomic E-state index is 6.62. The molecule has 0 N–H and O–H groups in total. The molecule has 1 aliphatic heterocycles. The van der Waals surface area contributed by atoms with Crippen LogP contribution in [0.2, 0.25) is 0 Å². The van der Waals surface area contributed by atoms with E-state index in [1.54, 1.807) is 0 Å². The van der Waals surface area contributed by atoms with Crippen LogP contribution in [0.4, 0.5) is 0 Å². The van der Waals surface area contributed by atoms with Gasteiger partial charge in [0.15, 0.2) is 5.82 Å². The summed E-state index contributed by atoms with van der Waals surface area (Å²) in [6, 6.07) is 75.3. The van der Waals surface area contributed by atoms with Crippen molar-refractivity contribution < 1.29 is 4.74 Å². The molecule has 0 saturated carbocycles. The second-order valence-electron chi connectivity index (χ2n) is 16.2. The van der Waals surface area contributed by atoms with Crippen molar-refractivity contribution in [3.05, 3.63) is 235 Å². The maximum Gasteiger partial charge on any atom is 0.160 e. The molecule has 1 spiro atoms. The molecule has 288 valence electrons. The van der Waals surface area contributed by atoms with Gasteiger partial charge in [-0.05, 0) is 57.6 Å². The number of para-hydroxylation sites is 4. The molecular formula is C58H35N3O. The van der Waals surface area contributed by atoms with E-state index in [1.165, 1.54) is 27.6 Å².